The molecule has 100 valence electrons. The summed E-state index contributed by atoms with van der Waals surface area (Å²) in [4.78, 5) is 25.1. The summed E-state index contributed by atoms with van der Waals surface area (Å²) in [5.41, 5.74) is -1.63. The molecule has 1 aliphatic carbocycles. The molecule has 6 heteroatoms. The van der Waals surface area contributed by atoms with E-state index in [-0.39, 0.29) is 24.0 Å². The molecular weight excluding hydrogens is 250 g/mol. The normalized spacial score (nSPS) is 33.9. The Bertz CT molecular complexity index is 537. The van der Waals surface area contributed by atoms with Crippen molar-refractivity contribution in [3.63, 3.8) is 0 Å². The molecule has 2 amide bonds. The van der Waals surface area contributed by atoms with Crippen molar-refractivity contribution in [3.8, 4) is 0 Å². The summed E-state index contributed by atoms with van der Waals surface area (Å²) in [5, 5.41) is 29.8. The predicted molar refractivity (Wildman–Crippen MR) is 63.1 cm³/mol. The Hall–Kier alpha value is -1.76. The van der Waals surface area contributed by atoms with E-state index < -0.39 is 29.7 Å². The molecule has 1 aliphatic heterocycles. The highest BCUT2D eigenvalue weighted by Gasteiger charge is 2.57. The molecule has 0 saturated heterocycles. The van der Waals surface area contributed by atoms with Gasteiger partial charge in [0.25, 0.3) is 11.8 Å². The summed E-state index contributed by atoms with van der Waals surface area (Å²) < 4.78 is 0. The van der Waals surface area contributed by atoms with Crippen LogP contribution in [0.25, 0.3) is 0 Å². The Labute approximate surface area is 108 Å². The summed E-state index contributed by atoms with van der Waals surface area (Å²) in [7, 11) is 0. The van der Waals surface area contributed by atoms with Gasteiger partial charge in [-0.15, -0.1) is 0 Å². The van der Waals surface area contributed by atoms with E-state index in [1.54, 1.807) is 12.1 Å². The van der Waals surface area contributed by atoms with Gasteiger partial charge in [-0.05, 0) is 18.6 Å². The molecular formula is C13H13NO5. The average Bonchev–Trinajstić information content (AvgIpc) is 2.81. The third kappa shape index (κ3) is 1.48. The third-order valence-corrected chi connectivity index (χ3v) is 3.83. The topological polar surface area (TPSA) is 98.1 Å². The Morgan fingerprint density at radius 3 is 2.05 bits per heavy atom. The molecule has 0 aromatic heterocycles. The van der Waals surface area contributed by atoms with Crippen LogP contribution >= 0.6 is 0 Å². The number of hydrogen-bond donors (Lipinski definition) is 3. The van der Waals surface area contributed by atoms with Crippen LogP contribution in [0, 0.1) is 0 Å². The number of benzene rings is 1. The lowest BCUT2D eigenvalue weighted by molar-refractivity contribution is -0.145. The highest BCUT2D eigenvalue weighted by atomic mass is 16.4. The van der Waals surface area contributed by atoms with Gasteiger partial charge in [0.05, 0.1) is 17.2 Å². The van der Waals surface area contributed by atoms with Gasteiger partial charge in [0.15, 0.2) is 5.72 Å². The smallest absolute Gasteiger partial charge is 0.264 e. The Morgan fingerprint density at radius 2 is 1.63 bits per heavy atom. The van der Waals surface area contributed by atoms with E-state index >= 15 is 0 Å². The van der Waals surface area contributed by atoms with E-state index in [0.717, 1.165) is 0 Å². The number of aliphatic hydroxyl groups excluding tert-OH is 2. The number of hydrogen-bond acceptors (Lipinski definition) is 5. The van der Waals surface area contributed by atoms with Crippen molar-refractivity contribution in [2.75, 3.05) is 0 Å². The summed E-state index contributed by atoms with van der Waals surface area (Å²) in [6.45, 7) is 0. The monoisotopic (exact) mass is 263 g/mol. The maximum atomic E-state index is 12.2. The lowest BCUT2D eigenvalue weighted by Gasteiger charge is -2.35. The summed E-state index contributed by atoms with van der Waals surface area (Å²) in [6.07, 6.45) is -2.60. The van der Waals surface area contributed by atoms with Gasteiger partial charge >= 0.3 is 0 Å². The van der Waals surface area contributed by atoms with Crippen LogP contribution in [0.2, 0.25) is 0 Å². The van der Waals surface area contributed by atoms with E-state index in [1.165, 1.54) is 12.1 Å². The molecule has 3 atom stereocenters. The van der Waals surface area contributed by atoms with Gasteiger partial charge < -0.3 is 15.3 Å². The molecule has 3 N–H and O–H groups in total. The van der Waals surface area contributed by atoms with E-state index in [2.05, 4.69) is 0 Å². The first-order chi connectivity index (χ1) is 8.97. The fourth-order valence-electron chi connectivity index (χ4n) is 2.76. The summed E-state index contributed by atoms with van der Waals surface area (Å²) in [6, 6.07) is 6.24. The van der Waals surface area contributed by atoms with Crippen molar-refractivity contribution in [2.24, 2.45) is 0 Å². The van der Waals surface area contributed by atoms with Crippen molar-refractivity contribution >= 4 is 11.8 Å². The van der Waals surface area contributed by atoms with Gasteiger partial charge in [0, 0.05) is 6.42 Å². The minimum atomic E-state index is -2.04. The standard InChI is InChI=1S/C13H13NO5/c15-9-5-6-13(19,10(9)16)14-11(17)7-3-1-2-4-8(7)12(14)18/h1-4,9-10,15-16,19H,5-6H2/t9-,10+,13-/m0/s1. The van der Waals surface area contributed by atoms with Crippen LogP contribution in [-0.2, 0) is 0 Å². The van der Waals surface area contributed by atoms with Crippen LogP contribution in [0.15, 0.2) is 24.3 Å². The zero-order chi connectivity index (χ0) is 13.8. The molecule has 6 nitrogen and oxygen atoms in total. The van der Waals surface area contributed by atoms with Crippen molar-refractivity contribution in [2.45, 2.75) is 30.8 Å². The number of fused-ring (bicyclic) bond motifs is 1. The highest BCUT2D eigenvalue weighted by molar-refractivity contribution is 6.21. The minimum absolute atomic E-state index is 0.0409. The number of nitrogens with zero attached hydrogens (tertiary/aromatic N) is 1. The molecule has 0 radical (unpaired) electrons. The van der Waals surface area contributed by atoms with Crippen LogP contribution in [0.4, 0.5) is 0 Å². The maximum Gasteiger partial charge on any atom is 0.264 e. The average molecular weight is 263 g/mol. The number of rotatable bonds is 1. The van der Waals surface area contributed by atoms with Crippen molar-refractivity contribution in [1.29, 1.82) is 0 Å². The van der Waals surface area contributed by atoms with Gasteiger partial charge in [-0.2, -0.15) is 0 Å². The molecule has 3 rings (SSSR count). The van der Waals surface area contributed by atoms with E-state index in [4.69, 9.17) is 0 Å². The number of carbonyl (C=O) groups is 2. The number of imide groups is 1. The largest absolute Gasteiger partial charge is 0.390 e. The Kier molecular flexibility index (Phi) is 2.50. The molecule has 2 aliphatic rings. The molecule has 0 unspecified atom stereocenters. The second kappa shape index (κ2) is 3.86. The summed E-state index contributed by atoms with van der Waals surface area (Å²) >= 11 is 0. The second-order valence-electron chi connectivity index (χ2n) is 4.92. The Balaban J connectivity index is 2.05. The van der Waals surface area contributed by atoms with Gasteiger partial charge in [-0.3, -0.25) is 9.59 Å². The molecule has 0 bridgehead atoms. The van der Waals surface area contributed by atoms with E-state index in [9.17, 15) is 24.9 Å². The highest BCUT2D eigenvalue weighted by Crippen LogP contribution is 2.38. The number of amides is 2. The lowest BCUT2D eigenvalue weighted by atomic mass is 10.1. The van der Waals surface area contributed by atoms with Gasteiger partial charge in [0.2, 0.25) is 0 Å². The predicted octanol–water partition coefficient (Wildman–Crippen LogP) is -0.513. The summed E-state index contributed by atoms with van der Waals surface area (Å²) in [5.74, 6) is -1.28. The van der Waals surface area contributed by atoms with Gasteiger partial charge in [-0.25, -0.2) is 4.90 Å². The third-order valence-electron chi connectivity index (χ3n) is 3.83. The molecule has 1 aromatic carbocycles. The zero-order valence-corrected chi connectivity index (χ0v) is 9.98. The van der Waals surface area contributed by atoms with Gasteiger partial charge in [0.1, 0.15) is 6.10 Å². The minimum Gasteiger partial charge on any atom is -0.390 e. The molecule has 1 heterocycles. The fourth-order valence-corrected chi connectivity index (χ4v) is 2.76. The molecule has 1 saturated carbocycles. The lowest BCUT2D eigenvalue weighted by Crippen LogP contribution is -2.58. The molecule has 19 heavy (non-hydrogen) atoms. The molecule has 0 spiro atoms. The number of aliphatic hydroxyl groups is 3. The fraction of sp³-hybridized carbons (Fsp3) is 0.385. The van der Waals surface area contributed by atoms with Crippen molar-refractivity contribution < 1.29 is 24.9 Å². The van der Waals surface area contributed by atoms with Crippen LogP contribution in [0.5, 0.6) is 0 Å². The number of carbonyl (C=O) groups excluding carboxylic acids is 2. The maximum absolute atomic E-state index is 12.2. The second-order valence-corrected chi connectivity index (χ2v) is 4.92. The van der Waals surface area contributed by atoms with E-state index in [0.29, 0.717) is 4.90 Å². The Morgan fingerprint density at radius 1 is 1.11 bits per heavy atom. The van der Waals surface area contributed by atoms with Crippen LogP contribution in [0.3, 0.4) is 0 Å². The van der Waals surface area contributed by atoms with Crippen LogP contribution < -0.4 is 0 Å². The van der Waals surface area contributed by atoms with Crippen LogP contribution in [-0.4, -0.2) is 50.0 Å². The van der Waals surface area contributed by atoms with Gasteiger partial charge in [-0.1, -0.05) is 12.1 Å². The SMILES string of the molecule is O=C1c2ccccc2C(=O)N1[C@]1(O)CC[C@H](O)[C@H]1O. The molecule has 1 fully saturated rings. The van der Waals surface area contributed by atoms with E-state index in [1.807, 2.05) is 0 Å². The zero-order valence-electron chi connectivity index (χ0n) is 9.98. The first-order valence-corrected chi connectivity index (χ1v) is 6.03. The molecule has 1 aromatic rings. The van der Waals surface area contributed by atoms with Crippen molar-refractivity contribution in [3.05, 3.63) is 35.4 Å². The first kappa shape index (κ1) is 12.3. The van der Waals surface area contributed by atoms with Crippen LogP contribution in [0.1, 0.15) is 33.6 Å². The first-order valence-electron chi connectivity index (χ1n) is 6.03. The van der Waals surface area contributed by atoms with Crippen molar-refractivity contribution in [1.82, 2.24) is 4.90 Å². The quantitative estimate of drug-likeness (QED) is 0.593.